The van der Waals surface area contributed by atoms with Gasteiger partial charge in [-0.2, -0.15) is 0 Å². The van der Waals surface area contributed by atoms with Crippen molar-refractivity contribution in [2.24, 2.45) is 11.8 Å². The van der Waals surface area contributed by atoms with E-state index in [2.05, 4.69) is 24.4 Å². The summed E-state index contributed by atoms with van der Waals surface area (Å²) in [6, 6.07) is 0.393. The van der Waals surface area contributed by atoms with Gasteiger partial charge in [0.05, 0.1) is 0 Å². The third-order valence-corrected chi connectivity index (χ3v) is 5.36. The number of nitrogens with two attached hydrogens (primary N) is 1. The van der Waals surface area contributed by atoms with Crippen LogP contribution in [0.2, 0.25) is 0 Å². The molecule has 1 saturated heterocycles. The molecule has 19 heavy (non-hydrogen) atoms. The number of likely N-dealkylation sites (N-methyl/N-ethyl adjacent to an activating group) is 1. The van der Waals surface area contributed by atoms with Crippen LogP contribution in [-0.2, 0) is 4.74 Å². The van der Waals surface area contributed by atoms with E-state index in [1.165, 1.54) is 38.5 Å². The van der Waals surface area contributed by atoms with E-state index < -0.39 is 0 Å². The fourth-order valence-corrected chi connectivity index (χ4v) is 4.16. The minimum absolute atomic E-state index is 0.229. The summed E-state index contributed by atoms with van der Waals surface area (Å²) in [6.45, 7) is 1.79. The summed E-state index contributed by atoms with van der Waals surface area (Å²) in [5, 5.41) is 0. The first-order valence-corrected chi connectivity index (χ1v) is 7.92. The first kappa shape index (κ1) is 15.2. The summed E-state index contributed by atoms with van der Waals surface area (Å²) in [5.74, 6) is 6.64. The van der Waals surface area contributed by atoms with Crippen LogP contribution < -0.4 is 11.3 Å². The maximum atomic E-state index is 5.99. The zero-order valence-electron chi connectivity index (χ0n) is 12.7. The van der Waals surface area contributed by atoms with Gasteiger partial charge in [0.1, 0.15) is 0 Å². The van der Waals surface area contributed by atoms with E-state index >= 15 is 0 Å². The number of ether oxygens (including phenoxy) is 1. The Hall–Kier alpha value is -0.160. The fourth-order valence-electron chi connectivity index (χ4n) is 4.16. The summed E-state index contributed by atoms with van der Waals surface area (Å²) in [7, 11) is 4.46. The Balaban J connectivity index is 2.18. The predicted molar refractivity (Wildman–Crippen MR) is 78.8 cm³/mol. The molecule has 3 N–H and O–H groups in total. The molecule has 0 amide bonds. The largest absolute Gasteiger partial charge is 0.381 e. The van der Waals surface area contributed by atoms with Crippen molar-refractivity contribution in [3.63, 3.8) is 0 Å². The third kappa shape index (κ3) is 3.30. The molecule has 1 heterocycles. The lowest BCUT2D eigenvalue weighted by molar-refractivity contribution is 0.000822. The highest BCUT2D eigenvalue weighted by Gasteiger charge is 2.44. The van der Waals surface area contributed by atoms with Crippen molar-refractivity contribution in [2.45, 2.75) is 62.9 Å². The van der Waals surface area contributed by atoms with Gasteiger partial charge in [0.25, 0.3) is 0 Å². The monoisotopic (exact) mass is 269 g/mol. The molecule has 1 aliphatic heterocycles. The zero-order valence-corrected chi connectivity index (χ0v) is 12.7. The molecule has 2 aliphatic rings. The van der Waals surface area contributed by atoms with Crippen LogP contribution >= 0.6 is 0 Å². The average Bonchev–Trinajstić information content (AvgIpc) is 2.68. The minimum Gasteiger partial charge on any atom is -0.381 e. The van der Waals surface area contributed by atoms with E-state index in [4.69, 9.17) is 10.6 Å². The summed E-state index contributed by atoms with van der Waals surface area (Å²) < 4.78 is 5.52. The second-order valence-electron chi connectivity index (χ2n) is 6.51. The van der Waals surface area contributed by atoms with Gasteiger partial charge in [0.2, 0.25) is 0 Å². The van der Waals surface area contributed by atoms with Gasteiger partial charge in [-0.25, -0.2) is 0 Å². The Labute approximate surface area is 118 Å². The highest BCUT2D eigenvalue weighted by atomic mass is 16.5. The van der Waals surface area contributed by atoms with Crippen LogP contribution in [0.15, 0.2) is 0 Å². The van der Waals surface area contributed by atoms with E-state index in [9.17, 15) is 0 Å². The van der Waals surface area contributed by atoms with E-state index in [1.807, 2.05) is 0 Å². The number of nitrogens with zero attached hydrogens (tertiary/aromatic N) is 1. The SMILES string of the molecule is CN(C)C1(C(NN)C2CCOCC2)CCCCCC1. The molecule has 2 fully saturated rings. The lowest BCUT2D eigenvalue weighted by Crippen LogP contribution is -2.63. The number of rotatable bonds is 4. The van der Waals surface area contributed by atoms with Crippen molar-refractivity contribution in [3.05, 3.63) is 0 Å². The predicted octanol–water partition coefficient (Wildman–Crippen LogP) is 1.90. The lowest BCUT2D eigenvalue weighted by atomic mass is 9.73. The van der Waals surface area contributed by atoms with Crippen LogP contribution in [0, 0.1) is 5.92 Å². The molecule has 0 spiro atoms. The topological polar surface area (TPSA) is 50.5 Å². The highest BCUT2D eigenvalue weighted by molar-refractivity contribution is 5.02. The van der Waals surface area contributed by atoms with Gasteiger partial charge in [-0.15, -0.1) is 0 Å². The molecule has 1 saturated carbocycles. The normalized spacial score (nSPS) is 27.2. The van der Waals surface area contributed by atoms with Gasteiger partial charge in [-0.05, 0) is 45.7 Å². The van der Waals surface area contributed by atoms with Crippen molar-refractivity contribution in [1.82, 2.24) is 10.3 Å². The number of hydrazine groups is 1. The first-order valence-electron chi connectivity index (χ1n) is 7.92. The van der Waals surface area contributed by atoms with Gasteiger partial charge in [-0.3, -0.25) is 11.3 Å². The first-order chi connectivity index (χ1) is 9.20. The smallest absolute Gasteiger partial charge is 0.0469 e. The molecule has 4 heteroatoms. The molecule has 0 bridgehead atoms. The van der Waals surface area contributed by atoms with Crippen molar-refractivity contribution >= 4 is 0 Å². The molecule has 1 atom stereocenters. The summed E-state index contributed by atoms with van der Waals surface area (Å²) in [5.41, 5.74) is 3.42. The van der Waals surface area contributed by atoms with E-state index in [1.54, 1.807) is 0 Å². The van der Waals surface area contributed by atoms with E-state index in [-0.39, 0.29) is 5.54 Å². The molecular weight excluding hydrogens is 238 g/mol. The fraction of sp³-hybridized carbons (Fsp3) is 1.00. The number of hydrogen-bond acceptors (Lipinski definition) is 4. The minimum atomic E-state index is 0.229. The molecule has 1 unspecified atom stereocenters. The van der Waals surface area contributed by atoms with Crippen molar-refractivity contribution in [3.8, 4) is 0 Å². The van der Waals surface area contributed by atoms with Gasteiger partial charge in [0, 0.05) is 24.8 Å². The van der Waals surface area contributed by atoms with Crippen LogP contribution in [-0.4, -0.2) is 43.8 Å². The maximum absolute atomic E-state index is 5.99. The Bertz CT molecular complexity index is 256. The Morgan fingerprint density at radius 3 is 2.16 bits per heavy atom. The van der Waals surface area contributed by atoms with Crippen LogP contribution in [0.5, 0.6) is 0 Å². The molecule has 0 aromatic rings. The second-order valence-corrected chi connectivity index (χ2v) is 6.51. The second kappa shape index (κ2) is 7.02. The van der Waals surface area contributed by atoms with E-state index in [0.717, 1.165) is 26.1 Å². The van der Waals surface area contributed by atoms with E-state index in [0.29, 0.717) is 12.0 Å². The third-order valence-electron chi connectivity index (χ3n) is 5.36. The molecule has 1 aliphatic carbocycles. The van der Waals surface area contributed by atoms with Gasteiger partial charge < -0.3 is 9.64 Å². The zero-order chi connectivity index (χ0) is 13.7. The number of hydrogen-bond donors (Lipinski definition) is 2. The molecule has 0 aromatic carbocycles. The molecule has 2 rings (SSSR count). The molecule has 0 radical (unpaired) electrons. The standard InChI is InChI=1S/C15H31N3O/c1-18(2)15(9-5-3-4-6-10-15)14(17-16)13-7-11-19-12-8-13/h13-14,17H,3-12,16H2,1-2H3. The van der Waals surface area contributed by atoms with Crippen molar-refractivity contribution in [1.29, 1.82) is 0 Å². The Morgan fingerprint density at radius 2 is 1.68 bits per heavy atom. The van der Waals surface area contributed by atoms with Crippen LogP contribution in [0.25, 0.3) is 0 Å². The number of nitrogens with one attached hydrogen (secondary N) is 1. The van der Waals surface area contributed by atoms with Crippen LogP contribution in [0.3, 0.4) is 0 Å². The molecule has 4 nitrogen and oxygen atoms in total. The van der Waals surface area contributed by atoms with Crippen molar-refractivity contribution < 1.29 is 4.74 Å². The summed E-state index contributed by atoms with van der Waals surface area (Å²) >= 11 is 0. The van der Waals surface area contributed by atoms with Crippen LogP contribution in [0.1, 0.15) is 51.4 Å². The molecule has 0 aromatic heterocycles. The highest BCUT2D eigenvalue weighted by Crippen LogP contribution is 2.38. The maximum Gasteiger partial charge on any atom is 0.0469 e. The molecular formula is C15H31N3O. The van der Waals surface area contributed by atoms with Gasteiger partial charge in [-0.1, -0.05) is 25.7 Å². The molecule has 112 valence electrons. The lowest BCUT2D eigenvalue weighted by Gasteiger charge is -2.49. The quantitative estimate of drug-likeness (QED) is 0.465. The Morgan fingerprint density at radius 1 is 1.11 bits per heavy atom. The van der Waals surface area contributed by atoms with Crippen LogP contribution in [0.4, 0.5) is 0 Å². The summed E-state index contributed by atoms with van der Waals surface area (Å²) in [6.07, 6.45) is 10.2. The Kier molecular flexibility index (Phi) is 5.63. The van der Waals surface area contributed by atoms with Gasteiger partial charge >= 0.3 is 0 Å². The van der Waals surface area contributed by atoms with Gasteiger partial charge in [0.15, 0.2) is 0 Å². The average molecular weight is 269 g/mol. The van der Waals surface area contributed by atoms with Crippen molar-refractivity contribution in [2.75, 3.05) is 27.3 Å². The summed E-state index contributed by atoms with van der Waals surface area (Å²) in [4.78, 5) is 2.44.